The average Bonchev–Trinajstić information content (AvgIpc) is 3.02. The molecule has 7 aromatic carbocycles. The van der Waals surface area contributed by atoms with Gasteiger partial charge in [0.15, 0.2) is 0 Å². The third kappa shape index (κ3) is 4.35. The molecule has 0 spiro atoms. The summed E-state index contributed by atoms with van der Waals surface area (Å²) in [5.74, 6) is 0. The van der Waals surface area contributed by atoms with E-state index in [0.29, 0.717) is 0 Å². The summed E-state index contributed by atoms with van der Waals surface area (Å²) in [7, 11) is 0. The Labute approximate surface area is 229 Å². The minimum absolute atomic E-state index is 1.13. The van der Waals surface area contributed by atoms with Gasteiger partial charge in [0, 0.05) is 17.1 Å². The number of fused-ring (bicyclic) bond motifs is 3. The number of anilines is 3. The van der Waals surface area contributed by atoms with E-state index in [1.165, 1.54) is 43.8 Å². The zero-order valence-electron chi connectivity index (χ0n) is 21.5. The molecule has 0 aliphatic heterocycles. The first-order valence-electron chi connectivity index (χ1n) is 13.4. The first kappa shape index (κ1) is 23.0. The number of hydrogen-bond donors (Lipinski definition) is 0. The van der Waals surface area contributed by atoms with Gasteiger partial charge in [-0.1, -0.05) is 121 Å². The molecule has 0 aromatic heterocycles. The van der Waals surface area contributed by atoms with Crippen molar-refractivity contribution in [3.63, 3.8) is 0 Å². The molecule has 0 unspecified atom stereocenters. The van der Waals surface area contributed by atoms with Crippen LogP contribution >= 0.6 is 0 Å². The van der Waals surface area contributed by atoms with Crippen LogP contribution in [0.25, 0.3) is 43.8 Å². The summed E-state index contributed by atoms with van der Waals surface area (Å²) in [6.07, 6.45) is 0. The Kier molecular flexibility index (Phi) is 5.88. The van der Waals surface area contributed by atoms with Crippen molar-refractivity contribution >= 4 is 38.6 Å². The molecule has 0 saturated heterocycles. The van der Waals surface area contributed by atoms with E-state index in [2.05, 4.69) is 169 Å². The maximum absolute atomic E-state index is 2.33. The third-order valence-corrected chi connectivity index (χ3v) is 7.43. The lowest BCUT2D eigenvalue weighted by Gasteiger charge is -2.26. The maximum Gasteiger partial charge on any atom is 0.0467 e. The highest BCUT2D eigenvalue weighted by molar-refractivity contribution is 6.13. The monoisotopic (exact) mass is 497 g/mol. The molecule has 0 aliphatic carbocycles. The third-order valence-electron chi connectivity index (χ3n) is 7.43. The summed E-state index contributed by atoms with van der Waals surface area (Å²) in [6.45, 7) is 0. The van der Waals surface area contributed by atoms with Gasteiger partial charge in [0.05, 0.1) is 0 Å². The van der Waals surface area contributed by atoms with Crippen LogP contribution in [-0.2, 0) is 0 Å². The van der Waals surface area contributed by atoms with E-state index in [1.54, 1.807) is 0 Å². The molecule has 184 valence electrons. The molecule has 0 heterocycles. The van der Waals surface area contributed by atoms with Gasteiger partial charge >= 0.3 is 0 Å². The zero-order chi connectivity index (χ0) is 26.0. The Hall–Kier alpha value is -5.14. The number of nitrogens with zero attached hydrogens (tertiary/aromatic N) is 1. The lowest BCUT2D eigenvalue weighted by atomic mass is 9.93. The van der Waals surface area contributed by atoms with Gasteiger partial charge < -0.3 is 4.90 Å². The van der Waals surface area contributed by atoms with Crippen LogP contribution in [0.4, 0.5) is 17.1 Å². The van der Waals surface area contributed by atoms with Crippen LogP contribution in [0.15, 0.2) is 164 Å². The molecular weight excluding hydrogens is 470 g/mol. The number of hydrogen-bond acceptors (Lipinski definition) is 1. The van der Waals surface area contributed by atoms with Gasteiger partial charge in [-0.2, -0.15) is 0 Å². The highest BCUT2D eigenvalue weighted by atomic mass is 15.1. The second-order valence-corrected chi connectivity index (χ2v) is 9.83. The Morgan fingerprint density at radius 3 is 1.62 bits per heavy atom. The fourth-order valence-corrected chi connectivity index (χ4v) is 5.56. The Bertz CT molecular complexity index is 1890. The molecule has 0 saturated carbocycles. The first-order chi connectivity index (χ1) is 19.3. The number of benzene rings is 7. The van der Waals surface area contributed by atoms with Crippen LogP contribution in [0, 0.1) is 0 Å². The predicted molar refractivity (Wildman–Crippen MR) is 167 cm³/mol. The van der Waals surface area contributed by atoms with Crippen molar-refractivity contribution in [3.05, 3.63) is 164 Å². The molecule has 0 amide bonds. The second-order valence-electron chi connectivity index (χ2n) is 9.83. The molecule has 0 fully saturated rings. The van der Waals surface area contributed by atoms with Crippen molar-refractivity contribution in [1.82, 2.24) is 0 Å². The maximum atomic E-state index is 2.33. The van der Waals surface area contributed by atoms with Crippen molar-refractivity contribution in [1.29, 1.82) is 0 Å². The molecule has 1 heteroatoms. The quantitative estimate of drug-likeness (QED) is 0.214. The van der Waals surface area contributed by atoms with Crippen LogP contribution in [0.2, 0.25) is 0 Å². The zero-order valence-corrected chi connectivity index (χ0v) is 21.5. The van der Waals surface area contributed by atoms with E-state index in [9.17, 15) is 0 Å². The summed E-state index contributed by atoms with van der Waals surface area (Å²) >= 11 is 0. The van der Waals surface area contributed by atoms with Gasteiger partial charge in [0.2, 0.25) is 0 Å². The van der Waals surface area contributed by atoms with E-state index < -0.39 is 0 Å². The standard InChI is InChI=1S/C38H27N/c1-3-12-28(13-4-1)29-22-24-33(25-23-29)39(32-16-5-2-6-17-32)34-18-11-15-30(26-34)38-27-31-14-7-8-19-35(31)36-20-9-10-21-37(36)38/h1-27H. The largest absolute Gasteiger partial charge is 0.310 e. The van der Waals surface area contributed by atoms with Gasteiger partial charge in [-0.05, 0) is 86.3 Å². The van der Waals surface area contributed by atoms with Crippen molar-refractivity contribution in [3.8, 4) is 22.3 Å². The summed E-state index contributed by atoms with van der Waals surface area (Å²) in [5, 5.41) is 5.10. The minimum atomic E-state index is 1.13. The summed E-state index contributed by atoms with van der Waals surface area (Å²) < 4.78 is 0. The van der Waals surface area contributed by atoms with E-state index in [-0.39, 0.29) is 0 Å². The molecular formula is C38H27N. The molecule has 0 aliphatic rings. The smallest absolute Gasteiger partial charge is 0.0467 e. The Morgan fingerprint density at radius 2 is 0.846 bits per heavy atom. The fraction of sp³-hybridized carbons (Fsp3) is 0. The van der Waals surface area contributed by atoms with Crippen LogP contribution in [0.5, 0.6) is 0 Å². The molecule has 1 nitrogen and oxygen atoms in total. The lowest BCUT2D eigenvalue weighted by molar-refractivity contribution is 1.28. The summed E-state index contributed by atoms with van der Waals surface area (Å²) in [6, 6.07) is 58.6. The highest BCUT2D eigenvalue weighted by Gasteiger charge is 2.15. The first-order valence-corrected chi connectivity index (χ1v) is 13.4. The Balaban J connectivity index is 1.37. The highest BCUT2D eigenvalue weighted by Crippen LogP contribution is 2.40. The molecule has 7 rings (SSSR count). The van der Waals surface area contributed by atoms with Gasteiger partial charge in [0.1, 0.15) is 0 Å². The van der Waals surface area contributed by atoms with Gasteiger partial charge in [0.25, 0.3) is 0 Å². The Morgan fingerprint density at radius 1 is 0.308 bits per heavy atom. The van der Waals surface area contributed by atoms with E-state index in [0.717, 1.165) is 17.1 Å². The minimum Gasteiger partial charge on any atom is -0.310 e. The normalized spacial score (nSPS) is 11.1. The van der Waals surface area contributed by atoms with Crippen LogP contribution in [0.3, 0.4) is 0 Å². The number of para-hydroxylation sites is 1. The molecule has 7 aromatic rings. The SMILES string of the molecule is c1ccc(-c2ccc(N(c3ccccc3)c3cccc(-c4cc5ccccc5c5ccccc45)c3)cc2)cc1. The van der Waals surface area contributed by atoms with E-state index >= 15 is 0 Å². The number of rotatable bonds is 5. The van der Waals surface area contributed by atoms with Crippen LogP contribution in [-0.4, -0.2) is 0 Å². The van der Waals surface area contributed by atoms with Crippen molar-refractivity contribution in [2.45, 2.75) is 0 Å². The van der Waals surface area contributed by atoms with E-state index in [1.807, 2.05) is 0 Å². The van der Waals surface area contributed by atoms with Gasteiger partial charge in [-0.15, -0.1) is 0 Å². The van der Waals surface area contributed by atoms with Crippen molar-refractivity contribution in [2.75, 3.05) is 4.90 Å². The van der Waals surface area contributed by atoms with Crippen LogP contribution < -0.4 is 4.90 Å². The lowest BCUT2D eigenvalue weighted by Crippen LogP contribution is -2.09. The molecule has 0 N–H and O–H groups in total. The molecule has 39 heavy (non-hydrogen) atoms. The topological polar surface area (TPSA) is 3.24 Å². The average molecular weight is 498 g/mol. The van der Waals surface area contributed by atoms with Gasteiger partial charge in [-0.3, -0.25) is 0 Å². The predicted octanol–water partition coefficient (Wildman–Crippen LogP) is 10.8. The van der Waals surface area contributed by atoms with Crippen molar-refractivity contribution in [2.24, 2.45) is 0 Å². The molecule has 0 bridgehead atoms. The van der Waals surface area contributed by atoms with Crippen LogP contribution in [0.1, 0.15) is 0 Å². The summed E-state index contributed by atoms with van der Waals surface area (Å²) in [5.41, 5.74) is 8.27. The molecule has 0 atom stereocenters. The van der Waals surface area contributed by atoms with E-state index in [4.69, 9.17) is 0 Å². The van der Waals surface area contributed by atoms with Gasteiger partial charge in [-0.25, -0.2) is 0 Å². The fourth-order valence-electron chi connectivity index (χ4n) is 5.56. The summed E-state index contributed by atoms with van der Waals surface area (Å²) in [4.78, 5) is 2.33. The second kappa shape index (κ2) is 9.96. The molecule has 0 radical (unpaired) electrons. The van der Waals surface area contributed by atoms with Crippen molar-refractivity contribution < 1.29 is 0 Å².